The van der Waals surface area contributed by atoms with Gasteiger partial charge in [-0.15, -0.1) is 35.3 Å². The molecule has 2 rings (SSSR count). The normalized spacial score (nSPS) is 11.1. The number of rotatable bonds is 6. The van der Waals surface area contributed by atoms with Crippen LogP contribution in [0.4, 0.5) is 4.39 Å². The second-order valence-corrected chi connectivity index (χ2v) is 6.14. The van der Waals surface area contributed by atoms with Crippen molar-refractivity contribution in [3.8, 4) is 0 Å². The molecule has 1 heterocycles. The molecule has 0 saturated heterocycles. The first-order chi connectivity index (χ1) is 11.2. The van der Waals surface area contributed by atoms with Crippen LogP contribution in [0, 0.1) is 5.82 Å². The molecule has 0 aliphatic heterocycles. The number of nitrogens with zero attached hydrogens (tertiary/aromatic N) is 2. The number of thiazole rings is 1. The van der Waals surface area contributed by atoms with Crippen LogP contribution < -0.4 is 10.6 Å². The van der Waals surface area contributed by atoms with Crippen LogP contribution in [0.1, 0.15) is 27.9 Å². The molecule has 0 spiro atoms. The Labute approximate surface area is 162 Å². The van der Waals surface area contributed by atoms with E-state index in [4.69, 9.17) is 5.11 Å². The van der Waals surface area contributed by atoms with Gasteiger partial charge in [0, 0.05) is 30.2 Å². The van der Waals surface area contributed by atoms with Crippen molar-refractivity contribution in [3.63, 3.8) is 0 Å². The summed E-state index contributed by atoms with van der Waals surface area (Å²) in [6.45, 7) is 2.89. The maximum Gasteiger partial charge on any atom is 0.191 e. The second kappa shape index (κ2) is 10.6. The molecule has 0 radical (unpaired) electrons. The van der Waals surface area contributed by atoms with Gasteiger partial charge in [0.25, 0.3) is 0 Å². The van der Waals surface area contributed by atoms with Gasteiger partial charge < -0.3 is 15.7 Å². The molecule has 8 heteroatoms. The van der Waals surface area contributed by atoms with Gasteiger partial charge in [-0.3, -0.25) is 4.99 Å². The molecule has 3 N–H and O–H groups in total. The summed E-state index contributed by atoms with van der Waals surface area (Å²) < 4.78 is 13.4. The van der Waals surface area contributed by atoms with Crippen LogP contribution in [0.15, 0.2) is 29.4 Å². The highest BCUT2D eigenvalue weighted by Gasteiger charge is 2.05. The number of benzene rings is 1. The number of halogens is 2. The van der Waals surface area contributed by atoms with Gasteiger partial charge in [0.1, 0.15) is 10.8 Å². The maximum absolute atomic E-state index is 13.4. The fraction of sp³-hybridized carbons (Fsp3) is 0.375. The summed E-state index contributed by atoms with van der Waals surface area (Å²) in [5.41, 5.74) is 1.17. The van der Waals surface area contributed by atoms with Gasteiger partial charge in [0.05, 0.1) is 13.2 Å². The quantitative estimate of drug-likeness (QED) is 0.350. The van der Waals surface area contributed by atoms with Gasteiger partial charge in [-0.1, -0.05) is 13.0 Å². The first kappa shape index (κ1) is 20.8. The van der Waals surface area contributed by atoms with Gasteiger partial charge >= 0.3 is 0 Å². The van der Waals surface area contributed by atoms with Crippen LogP contribution in [-0.4, -0.2) is 23.1 Å². The lowest BCUT2D eigenvalue weighted by Gasteiger charge is -2.11. The molecule has 0 aliphatic rings. The van der Waals surface area contributed by atoms with Crippen LogP contribution >= 0.6 is 35.3 Å². The molecule has 0 atom stereocenters. The summed E-state index contributed by atoms with van der Waals surface area (Å²) in [7, 11) is 1.69. The summed E-state index contributed by atoms with van der Waals surface area (Å²) >= 11 is 1.68. The van der Waals surface area contributed by atoms with E-state index in [9.17, 15) is 4.39 Å². The van der Waals surface area contributed by atoms with Gasteiger partial charge in [0.2, 0.25) is 0 Å². The SMILES string of the molecule is CCc1cnc(CNC(=NC)NCc2ccc(F)c(CO)c2)s1.I. The minimum Gasteiger partial charge on any atom is -0.392 e. The van der Waals surface area contributed by atoms with Gasteiger partial charge in [-0.05, 0) is 24.1 Å². The Hall–Kier alpha value is -1.26. The highest BCUT2D eigenvalue weighted by molar-refractivity contribution is 14.0. The second-order valence-electron chi connectivity index (χ2n) is 4.94. The molecule has 132 valence electrons. The summed E-state index contributed by atoms with van der Waals surface area (Å²) in [6, 6.07) is 4.69. The highest BCUT2D eigenvalue weighted by atomic mass is 127. The van der Waals surface area contributed by atoms with Crippen LogP contribution in [-0.2, 0) is 26.1 Å². The van der Waals surface area contributed by atoms with Crippen molar-refractivity contribution in [2.75, 3.05) is 7.05 Å². The first-order valence-electron chi connectivity index (χ1n) is 7.42. The smallest absolute Gasteiger partial charge is 0.191 e. The Kier molecular flexibility index (Phi) is 9.16. The third-order valence-corrected chi connectivity index (χ3v) is 4.46. The molecular weight excluding hydrogens is 442 g/mol. The molecule has 0 bridgehead atoms. The molecule has 0 aliphatic carbocycles. The minimum absolute atomic E-state index is 0. The maximum atomic E-state index is 13.4. The Morgan fingerprint density at radius 2 is 2.08 bits per heavy atom. The number of hydrogen-bond acceptors (Lipinski definition) is 4. The first-order valence-corrected chi connectivity index (χ1v) is 8.24. The Morgan fingerprint density at radius 3 is 2.71 bits per heavy atom. The molecule has 24 heavy (non-hydrogen) atoms. The van der Waals surface area contributed by atoms with Gasteiger partial charge in [0.15, 0.2) is 5.96 Å². The van der Waals surface area contributed by atoms with Crippen molar-refractivity contribution in [1.29, 1.82) is 0 Å². The Bertz CT molecular complexity index is 678. The lowest BCUT2D eigenvalue weighted by Crippen LogP contribution is -2.36. The van der Waals surface area contributed by atoms with Crippen LogP contribution in [0.25, 0.3) is 0 Å². The molecule has 1 aromatic carbocycles. The van der Waals surface area contributed by atoms with E-state index >= 15 is 0 Å². The predicted octanol–water partition coefficient (Wildman–Crippen LogP) is 2.82. The number of hydrogen-bond donors (Lipinski definition) is 3. The fourth-order valence-corrected chi connectivity index (χ4v) is 2.82. The van der Waals surface area contributed by atoms with Crippen LogP contribution in [0.2, 0.25) is 0 Å². The van der Waals surface area contributed by atoms with E-state index in [-0.39, 0.29) is 30.6 Å². The number of aliphatic imine (C=N–C) groups is 1. The van der Waals surface area contributed by atoms with Crippen molar-refractivity contribution in [3.05, 3.63) is 51.2 Å². The van der Waals surface area contributed by atoms with Crippen LogP contribution in [0.5, 0.6) is 0 Å². The Morgan fingerprint density at radius 1 is 1.33 bits per heavy atom. The Balaban J connectivity index is 0.00000288. The third-order valence-electron chi connectivity index (χ3n) is 3.32. The number of aryl methyl sites for hydroxylation is 1. The number of aliphatic hydroxyl groups excluding tert-OH is 1. The van der Waals surface area contributed by atoms with Crippen LogP contribution in [0.3, 0.4) is 0 Å². The van der Waals surface area contributed by atoms with E-state index in [0.29, 0.717) is 24.6 Å². The number of guanidine groups is 1. The molecule has 0 unspecified atom stereocenters. The van der Waals surface area contributed by atoms with E-state index in [1.807, 2.05) is 6.20 Å². The molecule has 5 nitrogen and oxygen atoms in total. The average molecular weight is 464 g/mol. The molecule has 0 fully saturated rings. The number of aliphatic hydroxyl groups is 1. The van der Waals surface area contributed by atoms with Crippen molar-refractivity contribution in [2.24, 2.45) is 4.99 Å². The summed E-state index contributed by atoms with van der Waals surface area (Å²) in [5.74, 6) is 0.252. The van der Waals surface area contributed by atoms with Crippen molar-refractivity contribution >= 4 is 41.3 Å². The van der Waals surface area contributed by atoms with Gasteiger partial charge in [-0.25, -0.2) is 9.37 Å². The zero-order valence-electron chi connectivity index (χ0n) is 13.7. The zero-order chi connectivity index (χ0) is 16.7. The fourth-order valence-electron chi connectivity index (χ4n) is 2.02. The molecular formula is C16H22FIN4OS. The summed E-state index contributed by atoms with van der Waals surface area (Å²) in [6.07, 6.45) is 2.88. The topological polar surface area (TPSA) is 69.5 Å². The lowest BCUT2D eigenvalue weighted by atomic mass is 10.1. The van der Waals surface area contributed by atoms with E-state index < -0.39 is 5.82 Å². The van der Waals surface area contributed by atoms with Crippen molar-refractivity contribution in [2.45, 2.75) is 33.0 Å². The third kappa shape index (κ3) is 5.99. The summed E-state index contributed by atoms with van der Waals surface area (Å²) in [5, 5.41) is 16.5. The average Bonchev–Trinajstić information content (AvgIpc) is 3.04. The molecule has 2 aromatic rings. The molecule has 0 amide bonds. The van der Waals surface area contributed by atoms with Gasteiger partial charge in [-0.2, -0.15) is 0 Å². The largest absolute Gasteiger partial charge is 0.392 e. The van der Waals surface area contributed by atoms with E-state index in [1.165, 1.54) is 10.9 Å². The molecule has 1 aromatic heterocycles. The van der Waals surface area contributed by atoms with E-state index in [2.05, 4.69) is 27.5 Å². The molecule has 0 saturated carbocycles. The van der Waals surface area contributed by atoms with Crippen molar-refractivity contribution < 1.29 is 9.50 Å². The minimum atomic E-state index is -0.394. The standard InChI is InChI=1S/C16H21FN4OS.HI/c1-3-13-8-19-15(23-13)9-21-16(18-2)20-7-11-4-5-14(17)12(6-11)10-22;/h4-6,8,22H,3,7,9-10H2,1-2H3,(H2,18,20,21);1H. The highest BCUT2D eigenvalue weighted by Crippen LogP contribution is 2.13. The van der Waals surface area contributed by atoms with Crippen molar-refractivity contribution in [1.82, 2.24) is 15.6 Å². The monoisotopic (exact) mass is 464 g/mol. The summed E-state index contributed by atoms with van der Waals surface area (Å²) in [4.78, 5) is 9.76. The zero-order valence-corrected chi connectivity index (χ0v) is 16.8. The number of nitrogens with one attached hydrogen (secondary N) is 2. The number of aromatic nitrogens is 1. The predicted molar refractivity (Wildman–Crippen MR) is 106 cm³/mol. The van der Waals surface area contributed by atoms with E-state index in [1.54, 1.807) is 30.5 Å². The lowest BCUT2D eigenvalue weighted by molar-refractivity contribution is 0.275. The van der Waals surface area contributed by atoms with E-state index in [0.717, 1.165) is 17.0 Å².